The smallest absolute Gasteiger partial charge is 0.234 e. The lowest BCUT2D eigenvalue weighted by molar-refractivity contribution is -0.313. The summed E-state index contributed by atoms with van der Waals surface area (Å²) in [6.45, 7) is 2.29. The van der Waals surface area contributed by atoms with Crippen molar-refractivity contribution in [3.63, 3.8) is 0 Å². The fourth-order valence-corrected chi connectivity index (χ4v) is 3.84. The van der Waals surface area contributed by atoms with Crippen LogP contribution in [0.2, 0.25) is 0 Å². The topological polar surface area (TPSA) is 69.7 Å². The van der Waals surface area contributed by atoms with E-state index >= 15 is 0 Å². The number of amides is 1. The van der Waals surface area contributed by atoms with Gasteiger partial charge < -0.3 is 19.5 Å². The highest BCUT2D eigenvalue weighted by molar-refractivity contribution is 6.02. The summed E-state index contributed by atoms with van der Waals surface area (Å²) in [6, 6.07) is 7.57. The number of carboxylic acids is 1. The molecule has 108 valence electrons. The van der Waals surface area contributed by atoms with Crippen molar-refractivity contribution >= 4 is 17.6 Å². The van der Waals surface area contributed by atoms with Gasteiger partial charge in [-0.15, -0.1) is 0 Å². The first kappa shape index (κ1) is 12.6. The van der Waals surface area contributed by atoms with E-state index in [1.165, 1.54) is 0 Å². The molecule has 5 nitrogen and oxygen atoms in total. The Bertz CT molecular complexity index is 683. The predicted molar refractivity (Wildman–Crippen MR) is 72.3 cm³/mol. The van der Waals surface area contributed by atoms with E-state index in [0.29, 0.717) is 6.54 Å². The summed E-state index contributed by atoms with van der Waals surface area (Å²) in [5, 5.41) is 11.4. The van der Waals surface area contributed by atoms with Crippen molar-refractivity contribution in [1.82, 2.24) is 0 Å². The number of para-hydroxylation sites is 1. The lowest BCUT2D eigenvalue weighted by Gasteiger charge is -2.24. The first-order valence-electron chi connectivity index (χ1n) is 6.98. The van der Waals surface area contributed by atoms with E-state index in [-0.39, 0.29) is 5.91 Å². The van der Waals surface area contributed by atoms with Crippen molar-refractivity contribution in [2.75, 3.05) is 11.4 Å². The highest BCUT2D eigenvalue weighted by Crippen LogP contribution is 2.52. The van der Waals surface area contributed by atoms with Crippen molar-refractivity contribution in [1.29, 1.82) is 0 Å². The highest BCUT2D eigenvalue weighted by atomic mass is 16.5. The number of nitrogens with zero attached hydrogens (tertiary/aromatic N) is 1. The van der Waals surface area contributed by atoms with Crippen LogP contribution in [0.4, 0.5) is 5.69 Å². The van der Waals surface area contributed by atoms with Gasteiger partial charge in [-0.3, -0.25) is 4.79 Å². The van der Waals surface area contributed by atoms with Crippen LogP contribution in [0.5, 0.6) is 0 Å². The van der Waals surface area contributed by atoms with Gasteiger partial charge in [0.1, 0.15) is 5.60 Å². The normalized spacial score (nSPS) is 36.3. The van der Waals surface area contributed by atoms with Crippen LogP contribution in [0.15, 0.2) is 36.4 Å². The van der Waals surface area contributed by atoms with Gasteiger partial charge in [-0.2, -0.15) is 0 Å². The molecule has 1 spiro atoms. The zero-order valence-electron chi connectivity index (χ0n) is 11.5. The Morgan fingerprint density at radius 2 is 2.19 bits per heavy atom. The molecule has 1 aromatic carbocycles. The van der Waals surface area contributed by atoms with Gasteiger partial charge in [0.25, 0.3) is 0 Å². The molecular formula is C16H14NO4-. The van der Waals surface area contributed by atoms with Gasteiger partial charge >= 0.3 is 0 Å². The molecule has 21 heavy (non-hydrogen) atoms. The molecular weight excluding hydrogens is 270 g/mol. The zero-order chi connectivity index (χ0) is 14.8. The van der Waals surface area contributed by atoms with E-state index in [0.717, 1.165) is 11.3 Å². The molecule has 1 amide bonds. The molecule has 2 saturated heterocycles. The number of carbonyl (C=O) groups is 2. The van der Waals surface area contributed by atoms with Gasteiger partial charge in [0.15, 0.2) is 0 Å². The Morgan fingerprint density at radius 1 is 1.43 bits per heavy atom. The number of carboxylic acid groups (broad SMARTS) is 1. The monoisotopic (exact) mass is 284 g/mol. The van der Waals surface area contributed by atoms with Gasteiger partial charge in [-0.1, -0.05) is 30.4 Å². The van der Waals surface area contributed by atoms with E-state index in [1.807, 2.05) is 37.3 Å². The lowest BCUT2D eigenvalue weighted by Crippen LogP contribution is -2.45. The molecule has 2 bridgehead atoms. The minimum atomic E-state index is -1.21. The van der Waals surface area contributed by atoms with Crippen LogP contribution in [-0.2, 0) is 14.3 Å². The molecule has 2 fully saturated rings. The summed E-state index contributed by atoms with van der Waals surface area (Å²) < 4.78 is 5.83. The van der Waals surface area contributed by atoms with E-state index in [4.69, 9.17) is 4.74 Å². The Hall–Kier alpha value is -2.14. The SMILES string of the molecule is Cc1ccccc1N1C[C@@]23C=C[C@H](O2)[C@H](C(=O)[O-])[C@H]3C1=O. The molecule has 5 heteroatoms. The van der Waals surface area contributed by atoms with E-state index in [9.17, 15) is 14.7 Å². The van der Waals surface area contributed by atoms with Crippen molar-refractivity contribution in [2.24, 2.45) is 11.8 Å². The van der Waals surface area contributed by atoms with Crippen LogP contribution in [0, 0.1) is 18.8 Å². The van der Waals surface area contributed by atoms with Crippen molar-refractivity contribution < 1.29 is 19.4 Å². The van der Waals surface area contributed by atoms with Crippen LogP contribution in [-0.4, -0.2) is 30.1 Å². The molecule has 4 atom stereocenters. The predicted octanol–water partition coefficient (Wildman–Crippen LogP) is 0.0313. The lowest BCUT2D eigenvalue weighted by atomic mass is 9.77. The Balaban J connectivity index is 1.78. The molecule has 0 aromatic heterocycles. The van der Waals surface area contributed by atoms with E-state index in [1.54, 1.807) is 11.0 Å². The fourth-order valence-electron chi connectivity index (χ4n) is 3.84. The summed E-state index contributed by atoms with van der Waals surface area (Å²) in [4.78, 5) is 25.8. The average molecular weight is 284 g/mol. The molecule has 0 aliphatic carbocycles. The van der Waals surface area contributed by atoms with Gasteiger partial charge in [-0.25, -0.2) is 0 Å². The summed E-state index contributed by atoms with van der Waals surface area (Å²) in [5.41, 5.74) is 0.976. The standard InChI is InChI=1S/C16H15NO4/c1-9-4-2-3-5-10(9)17-8-16-7-6-11(21-16)12(15(19)20)13(16)14(17)18/h2-7,11-13H,8H2,1H3,(H,19,20)/p-1/t11-,12-,13-,16+/m0/s1. The minimum absolute atomic E-state index is 0.189. The van der Waals surface area contributed by atoms with Gasteiger partial charge in [0.2, 0.25) is 5.91 Å². The first-order chi connectivity index (χ1) is 10.0. The van der Waals surface area contributed by atoms with Crippen molar-refractivity contribution in [2.45, 2.75) is 18.6 Å². The molecule has 0 radical (unpaired) electrons. The molecule has 3 aliphatic heterocycles. The largest absolute Gasteiger partial charge is 0.550 e. The van der Waals surface area contributed by atoms with E-state index < -0.39 is 29.5 Å². The number of rotatable bonds is 2. The highest BCUT2D eigenvalue weighted by Gasteiger charge is 2.65. The van der Waals surface area contributed by atoms with E-state index in [2.05, 4.69) is 0 Å². The molecule has 0 saturated carbocycles. The average Bonchev–Trinajstić information content (AvgIpc) is 3.08. The van der Waals surface area contributed by atoms with Crippen molar-refractivity contribution in [3.05, 3.63) is 42.0 Å². The first-order valence-corrected chi connectivity index (χ1v) is 6.98. The minimum Gasteiger partial charge on any atom is -0.550 e. The quantitative estimate of drug-likeness (QED) is 0.719. The Kier molecular flexibility index (Phi) is 2.37. The molecule has 0 N–H and O–H groups in total. The van der Waals surface area contributed by atoms with Crippen LogP contribution in [0.25, 0.3) is 0 Å². The number of hydrogen-bond donors (Lipinski definition) is 0. The molecule has 3 heterocycles. The maximum atomic E-state index is 12.8. The maximum absolute atomic E-state index is 12.8. The fraction of sp³-hybridized carbons (Fsp3) is 0.375. The van der Waals surface area contributed by atoms with Crippen LogP contribution in [0.3, 0.4) is 0 Å². The summed E-state index contributed by atoms with van der Waals surface area (Å²) in [7, 11) is 0. The second-order valence-corrected chi connectivity index (χ2v) is 5.93. The summed E-state index contributed by atoms with van der Waals surface area (Å²) >= 11 is 0. The number of aliphatic carboxylic acids is 1. The third-order valence-corrected chi connectivity index (χ3v) is 4.78. The number of aryl methyl sites for hydroxylation is 1. The van der Waals surface area contributed by atoms with Gasteiger partial charge in [0.05, 0.1) is 18.6 Å². The van der Waals surface area contributed by atoms with Crippen LogP contribution >= 0.6 is 0 Å². The summed E-state index contributed by atoms with van der Waals surface area (Å²) in [5.74, 6) is -2.98. The van der Waals surface area contributed by atoms with Crippen LogP contribution in [0.1, 0.15) is 5.56 Å². The van der Waals surface area contributed by atoms with Crippen molar-refractivity contribution in [3.8, 4) is 0 Å². The molecule has 0 unspecified atom stereocenters. The number of anilines is 1. The second-order valence-electron chi connectivity index (χ2n) is 5.93. The third-order valence-electron chi connectivity index (χ3n) is 4.78. The maximum Gasteiger partial charge on any atom is 0.234 e. The second kappa shape index (κ2) is 3.95. The Labute approximate surface area is 121 Å². The molecule has 1 aromatic rings. The van der Waals surface area contributed by atoms with Gasteiger partial charge in [0, 0.05) is 17.6 Å². The number of benzene rings is 1. The summed E-state index contributed by atoms with van der Waals surface area (Å²) in [6.07, 6.45) is 3.05. The third kappa shape index (κ3) is 1.49. The zero-order valence-corrected chi connectivity index (χ0v) is 11.5. The number of fused-ring (bicyclic) bond motifs is 1. The number of carbonyl (C=O) groups excluding carboxylic acids is 2. The molecule has 3 aliphatic rings. The molecule has 4 rings (SSSR count). The number of ether oxygens (including phenoxy) is 1. The number of hydrogen-bond acceptors (Lipinski definition) is 4. The Morgan fingerprint density at radius 3 is 2.90 bits per heavy atom. The van der Waals surface area contributed by atoms with Gasteiger partial charge in [-0.05, 0) is 18.6 Å². The van der Waals surface area contributed by atoms with Crippen LogP contribution < -0.4 is 10.0 Å².